The Morgan fingerprint density at radius 1 is 1.44 bits per heavy atom. The molecule has 0 aromatic heterocycles. The maximum Gasteiger partial charge on any atom is 0.410 e. The fourth-order valence-corrected chi connectivity index (χ4v) is 4.96. The molecule has 25 heavy (non-hydrogen) atoms. The number of piperidine rings is 1. The first-order valence-corrected chi connectivity index (χ1v) is 9.08. The van der Waals surface area contributed by atoms with Crippen molar-refractivity contribution in [2.45, 2.75) is 76.2 Å². The van der Waals surface area contributed by atoms with Gasteiger partial charge in [-0.05, 0) is 40.0 Å². The van der Waals surface area contributed by atoms with Crippen molar-refractivity contribution in [3.05, 3.63) is 0 Å². The molecule has 2 N–H and O–H groups in total. The topological polar surface area (TPSA) is 96.3 Å². The summed E-state index contributed by atoms with van der Waals surface area (Å²) in [6.07, 6.45) is 0.895. The van der Waals surface area contributed by atoms with Crippen molar-refractivity contribution in [1.29, 1.82) is 0 Å². The number of fused-ring (bicyclic) bond motifs is 4. The van der Waals surface area contributed by atoms with Crippen LogP contribution < -0.4 is 0 Å². The van der Waals surface area contributed by atoms with Gasteiger partial charge in [-0.1, -0.05) is 6.92 Å². The number of aliphatic hydroxyl groups is 2. The molecule has 5 unspecified atom stereocenters. The number of hydrogen-bond donors (Lipinski definition) is 2. The Hall–Kier alpha value is -1.34. The third-order valence-electron chi connectivity index (χ3n) is 6.09. The van der Waals surface area contributed by atoms with Crippen LogP contribution in [-0.4, -0.2) is 63.2 Å². The minimum absolute atomic E-state index is 0.230. The van der Waals surface area contributed by atoms with Gasteiger partial charge < -0.3 is 19.7 Å². The lowest BCUT2D eigenvalue weighted by molar-refractivity contribution is -0.251. The Morgan fingerprint density at radius 2 is 2.12 bits per heavy atom. The van der Waals surface area contributed by atoms with Crippen LogP contribution in [0.25, 0.3) is 0 Å². The Kier molecular flexibility index (Phi) is 4.31. The molecule has 0 spiro atoms. The summed E-state index contributed by atoms with van der Waals surface area (Å²) in [4.78, 5) is 26.4. The number of hydrogen-bond acceptors (Lipinski definition) is 6. The largest absolute Gasteiger partial charge is 0.462 e. The summed E-state index contributed by atoms with van der Waals surface area (Å²) in [5, 5.41) is 22.0. The highest BCUT2D eigenvalue weighted by molar-refractivity contribution is 5.75. The van der Waals surface area contributed by atoms with Crippen LogP contribution in [0.5, 0.6) is 0 Å². The maximum absolute atomic E-state index is 12.8. The Balaban J connectivity index is 2.01. The molecule has 3 rings (SSSR count). The molecule has 5 atom stereocenters. The summed E-state index contributed by atoms with van der Waals surface area (Å²) in [5.41, 5.74) is -3.18. The van der Waals surface area contributed by atoms with Gasteiger partial charge in [0.2, 0.25) is 0 Å². The molecule has 2 saturated heterocycles. The number of amides is 1. The van der Waals surface area contributed by atoms with E-state index < -0.39 is 34.9 Å². The first-order chi connectivity index (χ1) is 11.5. The molecule has 2 aliphatic heterocycles. The highest BCUT2D eigenvalue weighted by atomic mass is 16.6. The van der Waals surface area contributed by atoms with E-state index in [-0.39, 0.29) is 24.9 Å². The molecule has 7 heteroatoms. The molecule has 0 aromatic carbocycles. The average molecular weight is 355 g/mol. The maximum atomic E-state index is 12.8. The molecule has 0 aromatic rings. The predicted molar refractivity (Wildman–Crippen MR) is 88.7 cm³/mol. The lowest BCUT2D eigenvalue weighted by atomic mass is 9.55. The molecule has 7 nitrogen and oxygen atoms in total. The molecule has 3 fully saturated rings. The Bertz CT molecular complexity index is 572. The van der Waals surface area contributed by atoms with Crippen molar-refractivity contribution in [3.8, 4) is 0 Å². The van der Waals surface area contributed by atoms with Crippen LogP contribution in [0.4, 0.5) is 4.79 Å². The van der Waals surface area contributed by atoms with Crippen LogP contribution in [0.1, 0.15) is 53.4 Å². The van der Waals surface area contributed by atoms with E-state index in [0.29, 0.717) is 25.8 Å². The van der Waals surface area contributed by atoms with Crippen LogP contribution in [-0.2, 0) is 14.3 Å². The summed E-state index contributed by atoms with van der Waals surface area (Å²) in [6.45, 7) is 7.12. The van der Waals surface area contributed by atoms with Gasteiger partial charge in [0.1, 0.15) is 17.2 Å². The number of carbonyl (C=O) groups is 2. The third kappa shape index (κ3) is 2.72. The van der Waals surface area contributed by atoms with Gasteiger partial charge in [0.05, 0.1) is 18.1 Å². The molecule has 3 aliphatic rings. The number of aliphatic hydroxyl groups excluding tert-OH is 1. The molecule has 0 radical (unpaired) electrons. The van der Waals surface area contributed by atoms with Crippen LogP contribution in [0.3, 0.4) is 0 Å². The van der Waals surface area contributed by atoms with E-state index in [9.17, 15) is 19.8 Å². The summed E-state index contributed by atoms with van der Waals surface area (Å²) in [5.74, 6) is -1.12. The van der Waals surface area contributed by atoms with E-state index in [2.05, 4.69) is 0 Å². The minimum atomic E-state index is -1.33. The first kappa shape index (κ1) is 18.5. The second kappa shape index (κ2) is 5.84. The monoisotopic (exact) mass is 355 g/mol. The predicted octanol–water partition coefficient (Wildman–Crippen LogP) is 1.45. The van der Waals surface area contributed by atoms with Crippen molar-refractivity contribution in [3.63, 3.8) is 0 Å². The lowest BCUT2D eigenvalue weighted by Gasteiger charge is -2.63. The number of likely N-dealkylation sites (tertiary alicyclic amines) is 1. The molecular weight excluding hydrogens is 326 g/mol. The molecule has 2 bridgehead atoms. The third-order valence-corrected chi connectivity index (χ3v) is 6.09. The zero-order chi connectivity index (χ0) is 18.6. The fraction of sp³-hybridized carbons (Fsp3) is 0.889. The van der Waals surface area contributed by atoms with Crippen LogP contribution in [0.2, 0.25) is 0 Å². The van der Waals surface area contributed by atoms with Crippen molar-refractivity contribution >= 4 is 12.1 Å². The minimum Gasteiger partial charge on any atom is -0.462 e. The summed E-state index contributed by atoms with van der Waals surface area (Å²) >= 11 is 0. The van der Waals surface area contributed by atoms with E-state index in [0.717, 1.165) is 0 Å². The van der Waals surface area contributed by atoms with Crippen molar-refractivity contribution < 1.29 is 29.3 Å². The standard InChI is InChI=1S/C18H29NO6/c1-11-13-8-12(24-14(11)21)9-17(10-20)18(13,23)6-5-7-19(17)15(22)25-16(2,3)4/h11-13,20,23H,5-10H2,1-4H3. The number of nitrogens with zero attached hydrogens (tertiary/aromatic N) is 1. The van der Waals surface area contributed by atoms with Crippen molar-refractivity contribution in [2.75, 3.05) is 13.2 Å². The lowest BCUT2D eigenvalue weighted by Crippen LogP contribution is -2.78. The van der Waals surface area contributed by atoms with Gasteiger partial charge in [0.25, 0.3) is 0 Å². The Labute approximate surface area is 148 Å². The molecule has 1 amide bonds. The summed E-state index contributed by atoms with van der Waals surface area (Å²) < 4.78 is 11.0. The SMILES string of the molecule is CC1C(=O)OC2CC1C1(O)CCCN(C(=O)OC(C)(C)C)C1(CO)C2. The quantitative estimate of drug-likeness (QED) is 0.691. The zero-order valence-corrected chi connectivity index (χ0v) is 15.4. The van der Waals surface area contributed by atoms with Gasteiger partial charge in [-0.3, -0.25) is 9.69 Å². The van der Waals surface area contributed by atoms with Gasteiger partial charge >= 0.3 is 12.1 Å². The first-order valence-electron chi connectivity index (χ1n) is 9.08. The normalized spacial score (nSPS) is 41.0. The number of rotatable bonds is 1. The van der Waals surface area contributed by atoms with E-state index >= 15 is 0 Å². The van der Waals surface area contributed by atoms with Gasteiger partial charge in [-0.25, -0.2) is 4.79 Å². The van der Waals surface area contributed by atoms with E-state index in [1.54, 1.807) is 27.7 Å². The summed E-state index contributed by atoms with van der Waals surface area (Å²) in [7, 11) is 0. The highest BCUT2D eigenvalue weighted by Gasteiger charge is 2.67. The van der Waals surface area contributed by atoms with E-state index in [1.165, 1.54) is 4.90 Å². The van der Waals surface area contributed by atoms with Crippen molar-refractivity contribution in [1.82, 2.24) is 4.90 Å². The highest BCUT2D eigenvalue weighted by Crippen LogP contribution is 2.55. The van der Waals surface area contributed by atoms with Crippen LogP contribution >= 0.6 is 0 Å². The second-order valence-corrected chi connectivity index (χ2v) is 8.74. The zero-order valence-electron chi connectivity index (χ0n) is 15.4. The smallest absolute Gasteiger partial charge is 0.410 e. The second-order valence-electron chi connectivity index (χ2n) is 8.74. The summed E-state index contributed by atoms with van der Waals surface area (Å²) in [6, 6.07) is 0. The van der Waals surface area contributed by atoms with E-state index in [4.69, 9.17) is 9.47 Å². The molecular formula is C18H29NO6. The van der Waals surface area contributed by atoms with Crippen molar-refractivity contribution in [2.24, 2.45) is 11.8 Å². The molecule has 1 saturated carbocycles. The van der Waals surface area contributed by atoms with Gasteiger partial charge in [-0.2, -0.15) is 0 Å². The fourth-order valence-electron chi connectivity index (χ4n) is 4.96. The van der Waals surface area contributed by atoms with Gasteiger partial charge in [0, 0.05) is 18.9 Å². The molecule has 142 valence electrons. The number of carbonyl (C=O) groups excluding carboxylic acids is 2. The van der Waals surface area contributed by atoms with Gasteiger partial charge in [-0.15, -0.1) is 0 Å². The molecule has 1 aliphatic carbocycles. The molecule has 2 heterocycles. The van der Waals surface area contributed by atoms with Crippen LogP contribution in [0, 0.1) is 11.8 Å². The Morgan fingerprint density at radius 3 is 2.72 bits per heavy atom. The number of esters is 1. The van der Waals surface area contributed by atoms with Gasteiger partial charge in [0.15, 0.2) is 0 Å². The van der Waals surface area contributed by atoms with E-state index in [1.807, 2.05) is 0 Å². The number of ether oxygens (including phenoxy) is 2. The van der Waals surface area contributed by atoms with Crippen LogP contribution in [0.15, 0.2) is 0 Å². The average Bonchev–Trinajstić information content (AvgIpc) is 2.50.